The van der Waals surface area contributed by atoms with Crippen LogP contribution in [0.25, 0.3) is 0 Å². The molecule has 5 nitrogen and oxygen atoms in total. The second-order valence-electron chi connectivity index (χ2n) is 6.58. The number of carbonyl (C=O) groups excluding carboxylic acids is 1. The lowest BCUT2D eigenvalue weighted by atomic mass is 10.1. The molecule has 132 valence electrons. The van der Waals surface area contributed by atoms with Crippen LogP contribution in [0.15, 0.2) is 22.8 Å². The topological polar surface area (TPSA) is 49.3 Å². The fourth-order valence-electron chi connectivity index (χ4n) is 3.20. The smallest absolute Gasteiger partial charge is 0.255 e. The van der Waals surface area contributed by atoms with Crippen molar-refractivity contribution in [3.8, 4) is 0 Å². The van der Waals surface area contributed by atoms with E-state index in [1.807, 2.05) is 30.9 Å². The highest BCUT2D eigenvalue weighted by molar-refractivity contribution is 9.10. The Morgan fingerprint density at radius 2 is 1.64 bits per heavy atom. The number of halogens is 1. The molecule has 0 N–H and O–H groups in total. The van der Waals surface area contributed by atoms with Gasteiger partial charge in [-0.1, -0.05) is 6.07 Å². The average molecular weight is 403 g/mol. The summed E-state index contributed by atoms with van der Waals surface area (Å²) < 4.78 is 0.752. The van der Waals surface area contributed by atoms with Gasteiger partial charge in [0, 0.05) is 31.9 Å². The Hall–Kier alpha value is -1.95. The zero-order valence-corrected chi connectivity index (χ0v) is 16.7. The van der Waals surface area contributed by atoms with E-state index in [9.17, 15) is 4.79 Å². The molecule has 6 heteroatoms. The largest absolute Gasteiger partial charge is 0.353 e. The summed E-state index contributed by atoms with van der Waals surface area (Å²) >= 11 is 3.34. The Labute approximate surface area is 157 Å². The number of nitrogens with zero attached hydrogens (tertiary/aromatic N) is 4. The van der Waals surface area contributed by atoms with Gasteiger partial charge in [-0.2, -0.15) is 0 Å². The first-order valence-electron chi connectivity index (χ1n) is 8.49. The summed E-state index contributed by atoms with van der Waals surface area (Å²) in [6.45, 7) is 11.1. The third kappa shape index (κ3) is 3.68. The molecule has 0 atom stereocenters. The zero-order valence-electron chi connectivity index (χ0n) is 15.1. The fraction of sp³-hybridized carbons (Fsp3) is 0.421. The second-order valence-corrected chi connectivity index (χ2v) is 7.39. The van der Waals surface area contributed by atoms with Crippen molar-refractivity contribution < 1.29 is 4.79 Å². The maximum Gasteiger partial charge on any atom is 0.255 e. The quantitative estimate of drug-likeness (QED) is 0.721. The molecule has 1 saturated heterocycles. The minimum Gasteiger partial charge on any atom is -0.353 e. The summed E-state index contributed by atoms with van der Waals surface area (Å²) in [5.41, 5.74) is 4.91. The zero-order chi connectivity index (χ0) is 18.1. The van der Waals surface area contributed by atoms with E-state index in [0.29, 0.717) is 18.7 Å². The van der Waals surface area contributed by atoms with Gasteiger partial charge in [-0.15, -0.1) is 0 Å². The molecule has 0 radical (unpaired) electrons. The molecular formula is C19H23BrN4O. The van der Waals surface area contributed by atoms with Gasteiger partial charge in [0.15, 0.2) is 0 Å². The van der Waals surface area contributed by atoms with Crippen molar-refractivity contribution in [2.75, 3.05) is 31.1 Å². The maximum atomic E-state index is 12.8. The molecule has 1 aliphatic heterocycles. The molecule has 3 heterocycles. The van der Waals surface area contributed by atoms with Crippen LogP contribution >= 0.6 is 15.9 Å². The molecule has 25 heavy (non-hydrogen) atoms. The van der Waals surface area contributed by atoms with Gasteiger partial charge in [0.05, 0.1) is 11.3 Å². The predicted molar refractivity (Wildman–Crippen MR) is 103 cm³/mol. The number of amides is 1. The minimum absolute atomic E-state index is 0.0573. The first-order chi connectivity index (χ1) is 11.9. The van der Waals surface area contributed by atoms with E-state index in [4.69, 9.17) is 4.98 Å². The monoisotopic (exact) mass is 402 g/mol. The number of aromatic nitrogens is 2. The molecule has 1 fully saturated rings. The first kappa shape index (κ1) is 17.9. The number of aryl methyl sites for hydroxylation is 4. The standard InChI is InChI=1S/C19H23BrN4O/c1-12-11-13(2)18(22-14(12)3)23-7-9-24(10-8-23)19(25)16-5-6-17(20)21-15(16)4/h5-6,11H,7-10H2,1-4H3. The van der Waals surface area contributed by atoms with E-state index < -0.39 is 0 Å². The molecule has 0 aliphatic carbocycles. The van der Waals surface area contributed by atoms with Gasteiger partial charge in [-0.05, 0) is 66.9 Å². The van der Waals surface area contributed by atoms with Gasteiger partial charge >= 0.3 is 0 Å². The van der Waals surface area contributed by atoms with Crippen molar-refractivity contribution in [2.24, 2.45) is 0 Å². The van der Waals surface area contributed by atoms with Crippen molar-refractivity contribution in [3.05, 3.63) is 50.9 Å². The Kier molecular flexibility index (Phi) is 5.08. The van der Waals surface area contributed by atoms with Crippen LogP contribution in [0.5, 0.6) is 0 Å². The molecule has 0 bridgehead atoms. The number of anilines is 1. The van der Waals surface area contributed by atoms with Crippen LogP contribution in [0.1, 0.15) is 32.9 Å². The summed E-state index contributed by atoms with van der Waals surface area (Å²) in [7, 11) is 0. The number of hydrogen-bond acceptors (Lipinski definition) is 4. The van der Waals surface area contributed by atoms with Crippen LogP contribution < -0.4 is 4.90 Å². The molecule has 2 aromatic rings. The van der Waals surface area contributed by atoms with Crippen molar-refractivity contribution in [1.82, 2.24) is 14.9 Å². The van der Waals surface area contributed by atoms with Crippen LogP contribution in [-0.2, 0) is 0 Å². The van der Waals surface area contributed by atoms with Gasteiger partial charge in [-0.3, -0.25) is 4.79 Å². The Morgan fingerprint density at radius 3 is 2.28 bits per heavy atom. The molecule has 2 aromatic heterocycles. The van der Waals surface area contributed by atoms with Crippen LogP contribution in [0.3, 0.4) is 0 Å². The highest BCUT2D eigenvalue weighted by Crippen LogP contribution is 2.22. The highest BCUT2D eigenvalue weighted by atomic mass is 79.9. The lowest BCUT2D eigenvalue weighted by molar-refractivity contribution is 0.0745. The lowest BCUT2D eigenvalue weighted by Crippen LogP contribution is -2.49. The van der Waals surface area contributed by atoms with Gasteiger partial charge in [0.2, 0.25) is 0 Å². The molecule has 0 saturated carbocycles. The molecule has 0 spiro atoms. The number of carbonyl (C=O) groups is 1. The average Bonchev–Trinajstić information content (AvgIpc) is 2.58. The van der Waals surface area contributed by atoms with E-state index in [1.165, 1.54) is 11.1 Å². The normalized spacial score (nSPS) is 14.8. The summed E-state index contributed by atoms with van der Waals surface area (Å²) in [6.07, 6.45) is 0. The molecule has 0 aromatic carbocycles. The van der Waals surface area contributed by atoms with E-state index in [-0.39, 0.29) is 5.91 Å². The Morgan fingerprint density at radius 1 is 0.960 bits per heavy atom. The van der Waals surface area contributed by atoms with Crippen LogP contribution in [-0.4, -0.2) is 47.0 Å². The number of rotatable bonds is 2. The number of hydrogen-bond donors (Lipinski definition) is 0. The molecule has 3 rings (SSSR count). The maximum absolute atomic E-state index is 12.8. The summed E-state index contributed by atoms with van der Waals surface area (Å²) in [5.74, 6) is 1.10. The van der Waals surface area contributed by atoms with Crippen molar-refractivity contribution in [1.29, 1.82) is 0 Å². The number of pyridine rings is 2. The van der Waals surface area contributed by atoms with Crippen molar-refractivity contribution in [3.63, 3.8) is 0 Å². The van der Waals surface area contributed by atoms with Crippen LogP contribution in [0.2, 0.25) is 0 Å². The van der Waals surface area contributed by atoms with Gasteiger partial charge in [-0.25, -0.2) is 9.97 Å². The second kappa shape index (κ2) is 7.12. The van der Waals surface area contributed by atoms with Crippen LogP contribution in [0.4, 0.5) is 5.82 Å². The van der Waals surface area contributed by atoms with Crippen molar-refractivity contribution in [2.45, 2.75) is 27.7 Å². The van der Waals surface area contributed by atoms with Gasteiger partial charge < -0.3 is 9.80 Å². The van der Waals surface area contributed by atoms with E-state index in [1.54, 1.807) is 0 Å². The van der Waals surface area contributed by atoms with Crippen LogP contribution in [0, 0.1) is 27.7 Å². The molecule has 0 unspecified atom stereocenters. The summed E-state index contributed by atoms with van der Waals surface area (Å²) in [6, 6.07) is 5.85. The predicted octanol–water partition coefficient (Wildman–Crippen LogP) is 3.44. The highest BCUT2D eigenvalue weighted by Gasteiger charge is 2.25. The fourth-order valence-corrected chi connectivity index (χ4v) is 3.60. The molecule has 1 amide bonds. The summed E-state index contributed by atoms with van der Waals surface area (Å²) in [4.78, 5) is 26.0. The lowest BCUT2D eigenvalue weighted by Gasteiger charge is -2.36. The SMILES string of the molecule is Cc1cc(C)c(N2CCN(C(=O)c3ccc(Br)nc3C)CC2)nc1C. The Bertz CT molecular complexity index is 813. The molecule has 1 aliphatic rings. The van der Waals surface area contributed by atoms with E-state index in [0.717, 1.165) is 34.9 Å². The Balaban J connectivity index is 1.71. The first-order valence-corrected chi connectivity index (χ1v) is 9.28. The van der Waals surface area contributed by atoms with E-state index in [2.05, 4.69) is 45.7 Å². The third-order valence-electron chi connectivity index (χ3n) is 4.78. The minimum atomic E-state index is 0.0573. The number of piperazine rings is 1. The van der Waals surface area contributed by atoms with Gasteiger partial charge in [0.25, 0.3) is 5.91 Å². The van der Waals surface area contributed by atoms with Crippen molar-refractivity contribution >= 4 is 27.7 Å². The molecular weight excluding hydrogens is 380 g/mol. The van der Waals surface area contributed by atoms with Gasteiger partial charge in [0.1, 0.15) is 10.4 Å². The summed E-state index contributed by atoms with van der Waals surface area (Å²) in [5, 5.41) is 0. The van der Waals surface area contributed by atoms with E-state index >= 15 is 0 Å². The third-order valence-corrected chi connectivity index (χ3v) is 5.22.